The molecule has 0 aliphatic rings. The van der Waals surface area contributed by atoms with E-state index in [1.54, 1.807) is 16.8 Å². The first-order valence-electron chi connectivity index (χ1n) is 4.39. The summed E-state index contributed by atoms with van der Waals surface area (Å²) in [5, 5.41) is 4.41. The molecule has 2 nitrogen and oxygen atoms in total. The van der Waals surface area contributed by atoms with Crippen LogP contribution in [0.4, 0.5) is 4.39 Å². The van der Waals surface area contributed by atoms with Gasteiger partial charge in [-0.25, -0.2) is 4.39 Å². The van der Waals surface area contributed by atoms with Crippen molar-refractivity contribution in [3.05, 3.63) is 49.0 Å². The van der Waals surface area contributed by atoms with Gasteiger partial charge >= 0.3 is 0 Å². The normalized spacial score (nSPS) is 10.8. The molecule has 0 atom stereocenters. The van der Waals surface area contributed by atoms with Crippen molar-refractivity contribution >= 4 is 50.1 Å². The van der Waals surface area contributed by atoms with Gasteiger partial charge in [-0.1, -0.05) is 23.7 Å². The molecule has 6 heteroatoms. The van der Waals surface area contributed by atoms with Gasteiger partial charge in [-0.2, -0.15) is 5.10 Å². The Morgan fingerprint density at radius 1 is 1.50 bits per heavy atom. The minimum absolute atomic E-state index is 0.157. The molecule has 16 heavy (non-hydrogen) atoms. The van der Waals surface area contributed by atoms with Crippen molar-refractivity contribution in [2.45, 2.75) is 6.54 Å². The van der Waals surface area contributed by atoms with Crippen LogP contribution < -0.4 is 0 Å². The molecule has 0 saturated heterocycles. The Morgan fingerprint density at radius 2 is 2.25 bits per heavy atom. The summed E-state index contributed by atoms with van der Waals surface area (Å²) in [6.45, 7) is 0.457. The summed E-state index contributed by atoms with van der Waals surface area (Å²) in [4.78, 5) is 0. The van der Waals surface area contributed by atoms with Gasteiger partial charge in [0.15, 0.2) is 0 Å². The van der Waals surface area contributed by atoms with E-state index in [4.69, 9.17) is 11.6 Å². The molecule has 0 aliphatic carbocycles. The molecule has 0 N–H and O–H groups in total. The molecule has 1 heterocycles. The first kappa shape index (κ1) is 12.3. The Bertz CT molecular complexity index is 510. The molecule has 0 saturated carbocycles. The van der Waals surface area contributed by atoms with Crippen LogP contribution in [0.2, 0.25) is 5.02 Å². The minimum Gasteiger partial charge on any atom is -0.266 e. The SMILES string of the molecule is Fc1cccc(Cn2cc(Br)c(I)n2)c1Cl. The van der Waals surface area contributed by atoms with Gasteiger partial charge in [0.05, 0.1) is 16.0 Å². The second-order valence-electron chi connectivity index (χ2n) is 3.18. The molecule has 1 aromatic carbocycles. The maximum Gasteiger partial charge on any atom is 0.142 e. The third kappa shape index (κ3) is 2.57. The standard InChI is InChI=1S/C10H6BrClFIN2/c11-7-5-16(15-10(7)14)4-6-2-1-3-8(13)9(6)12/h1-3,5H,4H2. The van der Waals surface area contributed by atoms with Crippen LogP contribution in [0.3, 0.4) is 0 Å². The second-order valence-corrected chi connectivity index (χ2v) is 5.43. The van der Waals surface area contributed by atoms with Crippen molar-refractivity contribution < 1.29 is 4.39 Å². The second kappa shape index (κ2) is 5.01. The first-order chi connectivity index (χ1) is 7.58. The summed E-state index contributed by atoms with van der Waals surface area (Å²) >= 11 is 11.3. The molecule has 2 aromatic rings. The monoisotopic (exact) mass is 414 g/mol. The Balaban J connectivity index is 2.30. The van der Waals surface area contributed by atoms with Crippen molar-refractivity contribution in [3.63, 3.8) is 0 Å². The van der Waals surface area contributed by atoms with Gasteiger partial charge in [-0.05, 0) is 50.2 Å². The number of nitrogens with zero attached hydrogens (tertiary/aromatic N) is 2. The lowest BCUT2D eigenvalue weighted by atomic mass is 10.2. The number of hydrogen-bond acceptors (Lipinski definition) is 1. The van der Waals surface area contributed by atoms with E-state index in [9.17, 15) is 4.39 Å². The van der Waals surface area contributed by atoms with Crippen LogP contribution in [0.5, 0.6) is 0 Å². The molecule has 1 aromatic heterocycles. The average molecular weight is 415 g/mol. The lowest BCUT2D eigenvalue weighted by molar-refractivity contribution is 0.619. The highest BCUT2D eigenvalue weighted by Gasteiger charge is 2.08. The smallest absolute Gasteiger partial charge is 0.142 e. The molecular formula is C10H6BrClFIN2. The van der Waals surface area contributed by atoms with Gasteiger partial charge in [-0.3, -0.25) is 4.68 Å². The molecule has 0 fully saturated rings. The van der Waals surface area contributed by atoms with Gasteiger partial charge in [0, 0.05) is 6.20 Å². The van der Waals surface area contributed by atoms with E-state index in [2.05, 4.69) is 43.6 Å². The first-order valence-corrected chi connectivity index (χ1v) is 6.64. The highest BCUT2D eigenvalue weighted by atomic mass is 127. The largest absolute Gasteiger partial charge is 0.266 e. The summed E-state index contributed by atoms with van der Waals surface area (Å²) in [6.07, 6.45) is 1.84. The fraction of sp³-hybridized carbons (Fsp3) is 0.100. The topological polar surface area (TPSA) is 17.8 Å². The Labute approximate surface area is 119 Å². The van der Waals surface area contributed by atoms with Crippen molar-refractivity contribution in [2.75, 3.05) is 0 Å². The molecule has 0 unspecified atom stereocenters. The zero-order chi connectivity index (χ0) is 11.7. The fourth-order valence-corrected chi connectivity index (χ4v) is 2.22. The molecule has 0 aliphatic heterocycles. The summed E-state index contributed by atoms with van der Waals surface area (Å²) in [5.41, 5.74) is 0.716. The van der Waals surface area contributed by atoms with Crippen LogP contribution in [0.15, 0.2) is 28.9 Å². The van der Waals surface area contributed by atoms with Crippen molar-refractivity contribution in [2.24, 2.45) is 0 Å². The summed E-state index contributed by atoms with van der Waals surface area (Å²) < 4.78 is 16.7. The zero-order valence-corrected chi connectivity index (χ0v) is 12.4. The van der Waals surface area contributed by atoms with Gasteiger partial charge in [-0.15, -0.1) is 0 Å². The summed E-state index contributed by atoms with van der Waals surface area (Å²) in [5.74, 6) is -0.403. The molecule has 0 bridgehead atoms. The van der Waals surface area contributed by atoms with E-state index in [0.717, 1.165) is 8.17 Å². The number of benzene rings is 1. The maximum atomic E-state index is 13.2. The van der Waals surface area contributed by atoms with Gasteiger partial charge in [0.2, 0.25) is 0 Å². The molecule has 0 radical (unpaired) electrons. The van der Waals surface area contributed by atoms with Crippen LogP contribution in [0, 0.1) is 9.52 Å². The third-order valence-corrected chi connectivity index (χ3v) is 4.58. The number of rotatable bonds is 2. The number of halogens is 4. The maximum absolute atomic E-state index is 13.2. The Hall–Kier alpha value is -0.140. The molecule has 2 rings (SSSR count). The highest BCUT2D eigenvalue weighted by Crippen LogP contribution is 2.22. The number of hydrogen-bond donors (Lipinski definition) is 0. The minimum atomic E-state index is -0.403. The predicted octanol–water partition coefficient (Wildman–Crippen LogP) is 4.09. The highest BCUT2D eigenvalue weighted by molar-refractivity contribution is 14.1. The zero-order valence-electron chi connectivity index (χ0n) is 7.92. The third-order valence-electron chi connectivity index (χ3n) is 2.04. The number of aromatic nitrogens is 2. The van der Waals surface area contributed by atoms with E-state index in [1.165, 1.54) is 6.07 Å². The van der Waals surface area contributed by atoms with E-state index in [1.807, 2.05) is 6.20 Å². The Kier molecular flexibility index (Phi) is 3.86. The Morgan fingerprint density at radius 3 is 2.88 bits per heavy atom. The van der Waals surface area contributed by atoms with Gasteiger partial charge < -0.3 is 0 Å². The molecular weight excluding hydrogens is 409 g/mol. The van der Waals surface area contributed by atoms with E-state index >= 15 is 0 Å². The average Bonchev–Trinajstić information content (AvgIpc) is 2.54. The van der Waals surface area contributed by atoms with Crippen LogP contribution in [0.1, 0.15) is 5.56 Å². The van der Waals surface area contributed by atoms with Gasteiger partial charge in [0.1, 0.15) is 9.52 Å². The van der Waals surface area contributed by atoms with E-state index < -0.39 is 5.82 Å². The fourth-order valence-electron chi connectivity index (χ4n) is 1.30. The molecule has 0 amide bonds. The lowest BCUT2D eigenvalue weighted by Crippen LogP contribution is -2.01. The van der Waals surface area contributed by atoms with Crippen LogP contribution >= 0.6 is 50.1 Å². The van der Waals surface area contributed by atoms with Crippen LogP contribution in [0.25, 0.3) is 0 Å². The van der Waals surface area contributed by atoms with Crippen LogP contribution in [-0.2, 0) is 6.54 Å². The van der Waals surface area contributed by atoms with Crippen LogP contribution in [-0.4, -0.2) is 9.78 Å². The van der Waals surface area contributed by atoms with Crippen molar-refractivity contribution in [1.82, 2.24) is 9.78 Å². The predicted molar refractivity (Wildman–Crippen MR) is 73.2 cm³/mol. The lowest BCUT2D eigenvalue weighted by Gasteiger charge is -2.04. The molecule has 84 valence electrons. The summed E-state index contributed by atoms with van der Waals surface area (Å²) in [7, 11) is 0. The summed E-state index contributed by atoms with van der Waals surface area (Å²) in [6, 6.07) is 4.77. The van der Waals surface area contributed by atoms with Gasteiger partial charge in [0.25, 0.3) is 0 Å². The van der Waals surface area contributed by atoms with E-state index in [0.29, 0.717) is 12.1 Å². The van der Waals surface area contributed by atoms with Crippen molar-refractivity contribution in [3.8, 4) is 0 Å². The van der Waals surface area contributed by atoms with E-state index in [-0.39, 0.29) is 5.02 Å². The quantitative estimate of drug-likeness (QED) is 0.676. The van der Waals surface area contributed by atoms with Crippen molar-refractivity contribution in [1.29, 1.82) is 0 Å². The molecule has 0 spiro atoms.